The number of benzene rings is 1. The van der Waals surface area contributed by atoms with Crippen LogP contribution in [0, 0.1) is 24.2 Å². The number of sulfone groups is 1. The zero-order valence-electron chi connectivity index (χ0n) is 20.9. The molecule has 0 amide bonds. The second-order valence-corrected chi connectivity index (χ2v) is 11.4. The number of aromatic nitrogens is 6. The fraction of sp³-hybridized carbons (Fsp3) is 0.296. The van der Waals surface area contributed by atoms with Gasteiger partial charge in [-0.25, -0.2) is 18.4 Å². The number of rotatable bonds is 6. The molecule has 6 rings (SSSR count). The van der Waals surface area contributed by atoms with E-state index in [0.29, 0.717) is 34.9 Å². The number of pyridine rings is 1. The molecule has 0 bridgehead atoms. The van der Waals surface area contributed by atoms with Crippen LogP contribution in [0.5, 0.6) is 5.88 Å². The average Bonchev–Trinajstić information content (AvgIpc) is 3.66. The highest BCUT2D eigenvalue weighted by Crippen LogP contribution is 2.43. The summed E-state index contributed by atoms with van der Waals surface area (Å²) in [5.41, 5.74) is 2.49. The molecule has 1 aliphatic carbocycles. The molecule has 4 aromatic heterocycles. The lowest BCUT2D eigenvalue weighted by atomic mass is 9.93. The molecule has 192 valence electrons. The molecule has 0 aliphatic heterocycles. The minimum Gasteiger partial charge on any atom is -0.474 e. The van der Waals surface area contributed by atoms with Crippen LogP contribution >= 0.6 is 0 Å². The van der Waals surface area contributed by atoms with E-state index >= 15 is 0 Å². The van der Waals surface area contributed by atoms with E-state index in [4.69, 9.17) is 10.00 Å². The summed E-state index contributed by atoms with van der Waals surface area (Å²) >= 11 is 0. The van der Waals surface area contributed by atoms with Crippen LogP contribution in [0.3, 0.4) is 0 Å². The number of H-pyrrole nitrogens is 1. The molecule has 1 aromatic carbocycles. The molecule has 5 aromatic rings. The molecule has 0 radical (unpaired) electrons. The third-order valence-electron chi connectivity index (χ3n) is 7.34. The van der Waals surface area contributed by atoms with Gasteiger partial charge in [0.2, 0.25) is 20.7 Å². The van der Waals surface area contributed by atoms with Gasteiger partial charge >= 0.3 is 0 Å². The Balaban J connectivity index is 1.43. The van der Waals surface area contributed by atoms with Gasteiger partial charge in [-0.2, -0.15) is 5.26 Å². The van der Waals surface area contributed by atoms with E-state index in [0.717, 1.165) is 18.4 Å². The molecular weight excluding hydrogens is 502 g/mol. The van der Waals surface area contributed by atoms with Crippen molar-refractivity contribution in [2.24, 2.45) is 5.92 Å². The maximum absolute atomic E-state index is 13.8. The lowest BCUT2D eigenvalue weighted by molar-refractivity contribution is 0.195. The Bertz CT molecular complexity index is 1800. The molecule has 1 saturated carbocycles. The van der Waals surface area contributed by atoms with Gasteiger partial charge in [0, 0.05) is 24.4 Å². The Morgan fingerprint density at radius 1 is 1.16 bits per heavy atom. The maximum atomic E-state index is 13.8. The fourth-order valence-electron chi connectivity index (χ4n) is 5.45. The zero-order valence-corrected chi connectivity index (χ0v) is 21.7. The van der Waals surface area contributed by atoms with Gasteiger partial charge in [-0.3, -0.25) is 4.40 Å². The first kappa shape index (κ1) is 24.1. The molecule has 11 heteroatoms. The standard InChI is InChI=1S/C27H25N7O3S/c1-3-18-12-19(37-23-9-8-17(14-28)15-30-23)13-20(18)25-32-33-26-27(31-24-21(34(25)26)10-11-29-24)38(35,36)22-7-5-4-6-16(22)2/h4-11,15,18-20,29H,3,12-13H2,1-2H3/t18-,19-,20-/m1/s1. The Labute approximate surface area is 219 Å². The minimum atomic E-state index is -3.96. The van der Waals surface area contributed by atoms with Gasteiger partial charge in [-0.05, 0) is 49.4 Å². The van der Waals surface area contributed by atoms with Crippen LogP contribution in [-0.2, 0) is 9.84 Å². The number of hydrogen-bond acceptors (Lipinski definition) is 8. The third-order valence-corrected chi connectivity index (χ3v) is 9.16. The molecule has 38 heavy (non-hydrogen) atoms. The zero-order chi connectivity index (χ0) is 26.4. The molecule has 1 N–H and O–H groups in total. The van der Waals surface area contributed by atoms with E-state index in [-0.39, 0.29) is 33.5 Å². The van der Waals surface area contributed by atoms with Gasteiger partial charge in [0.1, 0.15) is 18.0 Å². The lowest BCUT2D eigenvalue weighted by Gasteiger charge is -2.16. The first-order chi connectivity index (χ1) is 18.4. The van der Waals surface area contributed by atoms with E-state index in [2.05, 4.69) is 38.1 Å². The highest BCUT2D eigenvalue weighted by atomic mass is 32.2. The topological polar surface area (TPSA) is 139 Å². The number of hydrogen-bond donors (Lipinski definition) is 1. The van der Waals surface area contributed by atoms with Gasteiger partial charge in [0.15, 0.2) is 11.3 Å². The predicted octanol–water partition coefficient (Wildman–Crippen LogP) is 4.36. The Morgan fingerprint density at radius 3 is 2.74 bits per heavy atom. The van der Waals surface area contributed by atoms with Crippen molar-refractivity contribution in [3.8, 4) is 11.9 Å². The van der Waals surface area contributed by atoms with Crippen LogP contribution < -0.4 is 4.74 Å². The van der Waals surface area contributed by atoms with E-state index in [1.807, 2.05) is 10.5 Å². The summed E-state index contributed by atoms with van der Waals surface area (Å²) < 4.78 is 35.6. The number of fused-ring (bicyclic) bond motifs is 3. The van der Waals surface area contributed by atoms with Gasteiger partial charge in [0.25, 0.3) is 0 Å². The normalized spacial score (nSPS) is 19.7. The smallest absolute Gasteiger partial charge is 0.228 e. The Hall–Kier alpha value is -4.30. The molecule has 10 nitrogen and oxygen atoms in total. The summed E-state index contributed by atoms with van der Waals surface area (Å²) in [5, 5.41) is 17.8. The quantitative estimate of drug-likeness (QED) is 0.344. The number of nitrogens with zero attached hydrogens (tertiary/aromatic N) is 6. The van der Waals surface area contributed by atoms with Crippen LogP contribution in [0.4, 0.5) is 0 Å². The van der Waals surface area contributed by atoms with E-state index in [9.17, 15) is 8.42 Å². The number of ether oxygens (including phenoxy) is 1. The van der Waals surface area contributed by atoms with Gasteiger partial charge in [-0.1, -0.05) is 31.5 Å². The number of nitrogens with one attached hydrogen (secondary N) is 1. The van der Waals surface area contributed by atoms with Crippen molar-refractivity contribution < 1.29 is 13.2 Å². The number of aryl methyl sites for hydroxylation is 1. The van der Waals surface area contributed by atoms with Crippen molar-refractivity contribution in [1.82, 2.24) is 29.5 Å². The summed E-state index contributed by atoms with van der Waals surface area (Å²) in [7, 11) is -3.96. The van der Waals surface area contributed by atoms with Crippen molar-refractivity contribution >= 4 is 26.6 Å². The first-order valence-corrected chi connectivity index (χ1v) is 13.9. The second-order valence-electron chi connectivity index (χ2n) is 9.60. The largest absolute Gasteiger partial charge is 0.474 e. The SMILES string of the molecule is CC[C@@H]1C[C@@H](Oc2ccc(C#N)cn2)C[C@H]1c1nnc2c(S(=O)(=O)c3ccccc3C)nc3[nH]ccc3n12. The summed E-state index contributed by atoms with van der Waals surface area (Å²) in [4.78, 5) is 12.0. The fourth-order valence-corrected chi connectivity index (χ4v) is 7.00. The van der Waals surface area contributed by atoms with Crippen molar-refractivity contribution in [2.75, 3.05) is 0 Å². The molecule has 1 fully saturated rings. The maximum Gasteiger partial charge on any atom is 0.228 e. The molecule has 0 unspecified atom stereocenters. The van der Waals surface area contributed by atoms with Crippen LogP contribution in [-0.4, -0.2) is 44.1 Å². The van der Waals surface area contributed by atoms with Crippen molar-refractivity contribution in [2.45, 2.75) is 55.1 Å². The first-order valence-electron chi connectivity index (χ1n) is 12.5. The number of nitriles is 1. The summed E-state index contributed by atoms with van der Waals surface area (Å²) in [6.45, 7) is 3.89. The van der Waals surface area contributed by atoms with E-state index in [1.165, 1.54) is 6.20 Å². The van der Waals surface area contributed by atoms with Crippen LogP contribution in [0.25, 0.3) is 16.8 Å². The predicted molar refractivity (Wildman–Crippen MR) is 138 cm³/mol. The van der Waals surface area contributed by atoms with Crippen molar-refractivity contribution in [3.05, 3.63) is 71.8 Å². The van der Waals surface area contributed by atoms with Gasteiger partial charge in [0.05, 0.1) is 16.0 Å². The summed E-state index contributed by atoms with van der Waals surface area (Å²) in [6.07, 6.45) is 5.51. The van der Waals surface area contributed by atoms with Crippen molar-refractivity contribution in [3.63, 3.8) is 0 Å². The minimum absolute atomic E-state index is 0.00658. The van der Waals surface area contributed by atoms with Crippen LogP contribution in [0.2, 0.25) is 0 Å². The van der Waals surface area contributed by atoms with Gasteiger partial charge < -0.3 is 9.72 Å². The molecule has 0 spiro atoms. The molecule has 1 aliphatic rings. The summed E-state index contributed by atoms with van der Waals surface area (Å²) in [6, 6.07) is 14.2. The number of aromatic amines is 1. The summed E-state index contributed by atoms with van der Waals surface area (Å²) in [5.74, 6) is 1.41. The third kappa shape index (κ3) is 3.88. The highest BCUT2D eigenvalue weighted by Gasteiger charge is 2.39. The van der Waals surface area contributed by atoms with Crippen LogP contribution in [0.1, 0.15) is 49.1 Å². The highest BCUT2D eigenvalue weighted by molar-refractivity contribution is 7.91. The molecular formula is C27H25N7O3S. The Kier molecular flexibility index (Phi) is 5.84. The molecule has 3 atom stereocenters. The van der Waals surface area contributed by atoms with Crippen molar-refractivity contribution in [1.29, 1.82) is 5.26 Å². The van der Waals surface area contributed by atoms with Gasteiger partial charge in [-0.15, -0.1) is 10.2 Å². The Morgan fingerprint density at radius 2 is 2.00 bits per heavy atom. The van der Waals surface area contributed by atoms with Crippen LogP contribution in [0.15, 0.2) is 64.8 Å². The lowest BCUT2D eigenvalue weighted by Crippen LogP contribution is -2.14. The van der Waals surface area contributed by atoms with E-state index < -0.39 is 9.84 Å². The monoisotopic (exact) mass is 527 g/mol. The molecule has 4 heterocycles. The molecule has 0 saturated heterocycles. The second kappa shape index (κ2) is 9.22. The van der Waals surface area contributed by atoms with E-state index in [1.54, 1.807) is 49.5 Å². The average molecular weight is 528 g/mol.